The number of anilines is 3. The van der Waals surface area contributed by atoms with Gasteiger partial charge in [0.15, 0.2) is 5.82 Å². The first kappa shape index (κ1) is 26.8. The van der Waals surface area contributed by atoms with Gasteiger partial charge >= 0.3 is 0 Å². The fraction of sp³-hybridized carbons (Fsp3) is 0.0227. The average Bonchev–Trinajstić information content (AvgIpc) is 3.45. The maximum absolute atomic E-state index is 5.11. The zero-order valence-corrected chi connectivity index (χ0v) is 26.0. The molecule has 1 aliphatic heterocycles. The molecule has 224 valence electrons. The summed E-state index contributed by atoms with van der Waals surface area (Å²) in [6.07, 6.45) is 1.63. The van der Waals surface area contributed by atoms with E-state index in [1.54, 1.807) is 6.33 Å². The van der Waals surface area contributed by atoms with Crippen LogP contribution in [0.4, 0.5) is 17.3 Å². The fourth-order valence-corrected chi connectivity index (χ4v) is 8.08. The van der Waals surface area contributed by atoms with Gasteiger partial charge in [0.05, 0.1) is 16.8 Å². The van der Waals surface area contributed by atoms with Gasteiger partial charge in [0.25, 0.3) is 0 Å². The molecule has 0 saturated carbocycles. The predicted octanol–water partition coefficient (Wildman–Crippen LogP) is 10.5. The van der Waals surface area contributed by atoms with Crippen molar-refractivity contribution in [3.05, 3.63) is 192 Å². The van der Waals surface area contributed by atoms with Crippen LogP contribution in [0.25, 0.3) is 44.4 Å². The first-order chi connectivity index (χ1) is 23.8. The quantitative estimate of drug-likeness (QED) is 0.198. The number of benzene rings is 7. The Morgan fingerprint density at radius 2 is 1.10 bits per heavy atom. The molecule has 8 aromatic rings. The standard InChI is InChI=1S/C44H28N4/c1-4-14-30(15-5-1)42-45-28-46-43(47-42)48-39-25-13-17-29-16-12-23-34(41(29)39)36-26-35-33-22-10-11-24-37(33)44(38(35)27-40(36)48,31-18-6-2-7-19-31)32-20-8-3-9-21-32/h1-28H. The van der Waals surface area contributed by atoms with Crippen LogP contribution in [0, 0.1) is 0 Å². The molecule has 0 atom stereocenters. The molecule has 48 heavy (non-hydrogen) atoms. The van der Waals surface area contributed by atoms with Crippen LogP contribution in [0.2, 0.25) is 0 Å². The lowest BCUT2D eigenvalue weighted by atomic mass is 9.67. The Morgan fingerprint density at radius 1 is 0.458 bits per heavy atom. The van der Waals surface area contributed by atoms with Gasteiger partial charge in [0.1, 0.15) is 6.33 Å². The number of nitrogens with zero attached hydrogens (tertiary/aromatic N) is 4. The van der Waals surface area contributed by atoms with Crippen molar-refractivity contribution in [3.8, 4) is 33.6 Å². The molecule has 0 N–H and O–H groups in total. The summed E-state index contributed by atoms with van der Waals surface area (Å²) in [6.45, 7) is 0. The van der Waals surface area contributed by atoms with Crippen LogP contribution in [0.5, 0.6) is 0 Å². The lowest BCUT2D eigenvalue weighted by Crippen LogP contribution is -2.29. The highest BCUT2D eigenvalue weighted by molar-refractivity contribution is 6.14. The lowest BCUT2D eigenvalue weighted by Gasteiger charge is -2.36. The third-order valence-electron chi connectivity index (χ3n) is 10.0. The largest absolute Gasteiger partial charge is 0.278 e. The van der Waals surface area contributed by atoms with Crippen LogP contribution in [-0.2, 0) is 5.41 Å². The van der Waals surface area contributed by atoms with Crippen molar-refractivity contribution < 1.29 is 0 Å². The second-order valence-corrected chi connectivity index (χ2v) is 12.4. The summed E-state index contributed by atoms with van der Waals surface area (Å²) < 4.78 is 0. The molecule has 0 unspecified atom stereocenters. The van der Waals surface area contributed by atoms with E-state index in [4.69, 9.17) is 9.97 Å². The van der Waals surface area contributed by atoms with Crippen molar-refractivity contribution in [1.29, 1.82) is 0 Å². The van der Waals surface area contributed by atoms with Crippen LogP contribution >= 0.6 is 0 Å². The third kappa shape index (κ3) is 3.68. The third-order valence-corrected chi connectivity index (χ3v) is 10.0. The molecule has 4 heteroatoms. The van der Waals surface area contributed by atoms with Gasteiger partial charge in [0.2, 0.25) is 5.95 Å². The van der Waals surface area contributed by atoms with E-state index < -0.39 is 5.41 Å². The molecule has 1 aliphatic carbocycles. The topological polar surface area (TPSA) is 41.9 Å². The molecule has 2 heterocycles. The summed E-state index contributed by atoms with van der Waals surface area (Å²) >= 11 is 0. The monoisotopic (exact) mass is 612 g/mol. The van der Waals surface area contributed by atoms with E-state index in [9.17, 15) is 0 Å². The summed E-state index contributed by atoms with van der Waals surface area (Å²) in [5, 5.41) is 2.37. The maximum atomic E-state index is 5.11. The first-order valence-corrected chi connectivity index (χ1v) is 16.3. The molecule has 7 aromatic carbocycles. The number of aromatic nitrogens is 3. The van der Waals surface area contributed by atoms with E-state index in [-0.39, 0.29) is 0 Å². The molecule has 0 saturated heterocycles. The zero-order valence-electron chi connectivity index (χ0n) is 26.0. The minimum atomic E-state index is -0.521. The van der Waals surface area contributed by atoms with Gasteiger partial charge in [-0.15, -0.1) is 0 Å². The number of rotatable bonds is 4. The minimum Gasteiger partial charge on any atom is -0.278 e. The minimum absolute atomic E-state index is 0.521. The molecular formula is C44H28N4. The van der Waals surface area contributed by atoms with Crippen LogP contribution in [0.15, 0.2) is 170 Å². The second kappa shape index (κ2) is 10.3. The molecule has 0 amide bonds. The first-order valence-electron chi connectivity index (χ1n) is 16.3. The van der Waals surface area contributed by atoms with Crippen molar-refractivity contribution in [2.45, 2.75) is 5.41 Å². The number of fused-ring (bicyclic) bond motifs is 5. The van der Waals surface area contributed by atoms with Gasteiger partial charge < -0.3 is 0 Å². The summed E-state index contributed by atoms with van der Waals surface area (Å²) in [5.41, 5.74) is 12.4. The Hall–Kier alpha value is -6.39. The number of hydrogen-bond acceptors (Lipinski definition) is 4. The highest BCUT2D eigenvalue weighted by Gasteiger charge is 2.47. The zero-order chi connectivity index (χ0) is 31.7. The van der Waals surface area contributed by atoms with E-state index >= 15 is 0 Å². The summed E-state index contributed by atoms with van der Waals surface area (Å²) in [4.78, 5) is 16.8. The molecular weight excluding hydrogens is 585 g/mol. The summed E-state index contributed by atoms with van der Waals surface area (Å²) in [7, 11) is 0. The van der Waals surface area contributed by atoms with Gasteiger partial charge in [-0.1, -0.05) is 146 Å². The lowest BCUT2D eigenvalue weighted by molar-refractivity contribution is 0.768. The van der Waals surface area contributed by atoms with Gasteiger partial charge in [-0.05, 0) is 62.5 Å². The summed E-state index contributed by atoms with van der Waals surface area (Å²) in [5.74, 6) is 1.23. The van der Waals surface area contributed by atoms with Crippen molar-refractivity contribution in [2.24, 2.45) is 0 Å². The van der Waals surface area contributed by atoms with Crippen LogP contribution in [0.3, 0.4) is 0 Å². The van der Waals surface area contributed by atoms with Gasteiger partial charge in [-0.25, -0.2) is 9.97 Å². The predicted molar refractivity (Wildman–Crippen MR) is 194 cm³/mol. The van der Waals surface area contributed by atoms with E-state index in [1.165, 1.54) is 49.7 Å². The molecule has 0 fully saturated rings. The number of hydrogen-bond donors (Lipinski definition) is 0. The second-order valence-electron chi connectivity index (χ2n) is 12.4. The van der Waals surface area contributed by atoms with E-state index in [0.29, 0.717) is 11.8 Å². The highest BCUT2D eigenvalue weighted by Crippen LogP contribution is 2.60. The van der Waals surface area contributed by atoms with E-state index in [1.807, 2.05) is 30.3 Å². The molecule has 0 radical (unpaired) electrons. The van der Waals surface area contributed by atoms with Crippen molar-refractivity contribution in [1.82, 2.24) is 15.0 Å². The van der Waals surface area contributed by atoms with Crippen molar-refractivity contribution >= 4 is 28.1 Å². The SMILES string of the molecule is c1ccc(-c2ncnc(N3c4cc5c(cc4-c4cccc6cccc3c46)-c3ccccc3C5(c3ccccc3)c3ccccc3)n2)cc1. The Labute approximate surface area is 278 Å². The molecule has 0 spiro atoms. The Bertz CT molecular complexity index is 2460. The smallest absolute Gasteiger partial charge is 0.238 e. The van der Waals surface area contributed by atoms with Gasteiger partial charge in [0, 0.05) is 16.5 Å². The van der Waals surface area contributed by atoms with Gasteiger partial charge in [-0.3, -0.25) is 4.90 Å². The maximum Gasteiger partial charge on any atom is 0.238 e. The highest BCUT2D eigenvalue weighted by atomic mass is 15.3. The molecule has 10 rings (SSSR count). The van der Waals surface area contributed by atoms with E-state index in [0.717, 1.165) is 22.5 Å². The summed E-state index contributed by atoms with van der Waals surface area (Å²) in [6, 6.07) is 58.8. The van der Waals surface area contributed by atoms with Gasteiger partial charge in [-0.2, -0.15) is 4.98 Å². The Balaban J connectivity index is 1.33. The molecule has 0 bridgehead atoms. The molecule has 4 nitrogen and oxygen atoms in total. The molecule has 1 aromatic heterocycles. The van der Waals surface area contributed by atoms with Crippen LogP contribution in [0.1, 0.15) is 22.3 Å². The van der Waals surface area contributed by atoms with Crippen LogP contribution < -0.4 is 4.90 Å². The van der Waals surface area contributed by atoms with Crippen molar-refractivity contribution in [3.63, 3.8) is 0 Å². The van der Waals surface area contributed by atoms with Crippen LogP contribution in [-0.4, -0.2) is 15.0 Å². The molecule has 2 aliphatic rings. The average molecular weight is 613 g/mol. The van der Waals surface area contributed by atoms with E-state index in [2.05, 4.69) is 143 Å². The fourth-order valence-electron chi connectivity index (χ4n) is 8.08. The Kier molecular flexibility index (Phi) is 5.75. The normalized spacial score (nSPS) is 13.5. The van der Waals surface area contributed by atoms with Crippen molar-refractivity contribution in [2.75, 3.05) is 4.90 Å². The Morgan fingerprint density at radius 3 is 1.85 bits per heavy atom.